The number of pyridine rings is 1. The topological polar surface area (TPSA) is 34.1 Å². The summed E-state index contributed by atoms with van der Waals surface area (Å²) >= 11 is 3.55. The van der Waals surface area contributed by atoms with Crippen LogP contribution in [0.4, 0.5) is 5.82 Å². The first-order valence-electron chi connectivity index (χ1n) is 6.21. The van der Waals surface area contributed by atoms with Crippen LogP contribution in [-0.4, -0.2) is 18.1 Å². The molecule has 0 saturated heterocycles. The van der Waals surface area contributed by atoms with E-state index in [1.165, 1.54) is 11.1 Å². The maximum Gasteiger partial charge on any atom is 0.125 e. The average Bonchev–Trinajstić information content (AvgIpc) is 2.42. The third-order valence-corrected chi connectivity index (χ3v) is 4.00. The van der Waals surface area contributed by atoms with Crippen molar-refractivity contribution < 1.29 is 4.74 Å². The van der Waals surface area contributed by atoms with E-state index in [0.29, 0.717) is 6.61 Å². The van der Waals surface area contributed by atoms with Crippen molar-refractivity contribution in [3.8, 4) is 5.75 Å². The van der Waals surface area contributed by atoms with E-state index in [1.54, 1.807) is 6.20 Å². The van der Waals surface area contributed by atoms with Crippen molar-refractivity contribution in [1.29, 1.82) is 0 Å². The second-order valence-electron chi connectivity index (χ2n) is 4.36. The van der Waals surface area contributed by atoms with Crippen LogP contribution in [0.5, 0.6) is 5.75 Å². The van der Waals surface area contributed by atoms with Gasteiger partial charge in [-0.2, -0.15) is 0 Å². The number of anilines is 1. The number of aryl methyl sites for hydroxylation is 2. The van der Waals surface area contributed by atoms with E-state index < -0.39 is 0 Å². The Morgan fingerprint density at radius 3 is 2.58 bits per heavy atom. The van der Waals surface area contributed by atoms with Gasteiger partial charge in [0, 0.05) is 10.7 Å². The van der Waals surface area contributed by atoms with Gasteiger partial charge in [-0.05, 0) is 49.2 Å². The van der Waals surface area contributed by atoms with Gasteiger partial charge in [-0.25, -0.2) is 4.98 Å². The summed E-state index contributed by atoms with van der Waals surface area (Å²) in [6, 6.07) is 9.87. The highest BCUT2D eigenvalue weighted by Crippen LogP contribution is 2.26. The second kappa shape index (κ2) is 6.57. The van der Waals surface area contributed by atoms with Gasteiger partial charge < -0.3 is 10.1 Å². The highest BCUT2D eigenvalue weighted by molar-refractivity contribution is 9.10. The normalized spacial score (nSPS) is 10.3. The number of rotatable bonds is 5. The predicted molar refractivity (Wildman–Crippen MR) is 81.8 cm³/mol. The average molecular weight is 321 g/mol. The predicted octanol–water partition coefficient (Wildman–Crippen LogP) is 3.95. The van der Waals surface area contributed by atoms with E-state index in [1.807, 2.05) is 30.3 Å². The molecular formula is C15H17BrN2O. The lowest BCUT2D eigenvalue weighted by Crippen LogP contribution is -2.12. The van der Waals surface area contributed by atoms with Gasteiger partial charge in [-0.3, -0.25) is 0 Å². The molecule has 0 aliphatic heterocycles. The van der Waals surface area contributed by atoms with Crippen molar-refractivity contribution in [3.63, 3.8) is 0 Å². The molecule has 0 bridgehead atoms. The fourth-order valence-corrected chi connectivity index (χ4v) is 2.03. The minimum absolute atomic E-state index is 0.608. The molecule has 0 unspecified atom stereocenters. The molecule has 2 aromatic rings. The van der Waals surface area contributed by atoms with Gasteiger partial charge in [0.15, 0.2) is 0 Å². The van der Waals surface area contributed by atoms with Crippen LogP contribution >= 0.6 is 15.9 Å². The van der Waals surface area contributed by atoms with E-state index in [-0.39, 0.29) is 0 Å². The summed E-state index contributed by atoms with van der Waals surface area (Å²) in [7, 11) is 0. The lowest BCUT2D eigenvalue weighted by atomic mass is 10.1. The third-order valence-electron chi connectivity index (χ3n) is 2.75. The smallest absolute Gasteiger partial charge is 0.125 e. The Morgan fingerprint density at radius 1 is 1.21 bits per heavy atom. The number of halogens is 1. The van der Waals surface area contributed by atoms with Crippen molar-refractivity contribution in [2.75, 3.05) is 18.5 Å². The Morgan fingerprint density at radius 2 is 1.95 bits per heavy atom. The van der Waals surface area contributed by atoms with Crippen LogP contribution in [-0.2, 0) is 0 Å². The summed E-state index contributed by atoms with van der Waals surface area (Å²) in [4.78, 5) is 4.19. The minimum atomic E-state index is 0.608. The largest absolute Gasteiger partial charge is 0.492 e. The van der Waals surface area contributed by atoms with Crippen LogP contribution in [0.2, 0.25) is 0 Å². The van der Waals surface area contributed by atoms with Gasteiger partial charge in [-0.1, -0.05) is 22.0 Å². The summed E-state index contributed by atoms with van der Waals surface area (Å²) in [6.07, 6.45) is 1.77. The van der Waals surface area contributed by atoms with Gasteiger partial charge >= 0.3 is 0 Å². The standard InChI is InChI=1S/C15H17BrN2O/c1-11-9-13(10-12(2)15(11)16)19-8-7-18-14-5-3-4-6-17-14/h3-6,9-10H,7-8H2,1-2H3,(H,17,18). The number of nitrogens with zero attached hydrogens (tertiary/aromatic N) is 1. The number of hydrogen-bond donors (Lipinski definition) is 1. The summed E-state index contributed by atoms with van der Waals surface area (Å²) in [6.45, 7) is 5.47. The fourth-order valence-electron chi connectivity index (χ4n) is 1.80. The number of nitrogens with one attached hydrogen (secondary N) is 1. The molecule has 1 N–H and O–H groups in total. The maximum atomic E-state index is 5.73. The molecule has 0 saturated carbocycles. The molecule has 1 heterocycles. The molecule has 0 amide bonds. The van der Waals surface area contributed by atoms with Crippen LogP contribution in [0.25, 0.3) is 0 Å². The first kappa shape index (κ1) is 13.9. The van der Waals surface area contributed by atoms with Gasteiger partial charge in [0.1, 0.15) is 18.2 Å². The molecule has 0 spiro atoms. The second-order valence-corrected chi connectivity index (χ2v) is 5.15. The van der Waals surface area contributed by atoms with Crippen LogP contribution in [0, 0.1) is 13.8 Å². The van der Waals surface area contributed by atoms with E-state index in [9.17, 15) is 0 Å². The molecule has 4 heteroatoms. The Kier molecular flexibility index (Phi) is 4.80. The number of hydrogen-bond acceptors (Lipinski definition) is 3. The van der Waals surface area contributed by atoms with Gasteiger partial charge in [0.2, 0.25) is 0 Å². The Hall–Kier alpha value is -1.55. The van der Waals surface area contributed by atoms with Crippen LogP contribution in [0.15, 0.2) is 41.0 Å². The van der Waals surface area contributed by atoms with Gasteiger partial charge in [0.05, 0.1) is 6.54 Å². The monoisotopic (exact) mass is 320 g/mol. The van der Waals surface area contributed by atoms with E-state index in [0.717, 1.165) is 22.6 Å². The lowest BCUT2D eigenvalue weighted by molar-refractivity contribution is 0.332. The lowest BCUT2D eigenvalue weighted by Gasteiger charge is -2.11. The number of benzene rings is 1. The van der Waals surface area contributed by atoms with E-state index in [4.69, 9.17) is 4.74 Å². The number of aromatic nitrogens is 1. The molecule has 0 aliphatic rings. The Bertz CT molecular complexity index is 520. The summed E-state index contributed by atoms with van der Waals surface area (Å²) < 4.78 is 6.88. The molecule has 2 rings (SSSR count). The van der Waals surface area contributed by atoms with E-state index in [2.05, 4.69) is 40.1 Å². The summed E-state index contributed by atoms with van der Waals surface area (Å²) in [5.41, 5.74) is 2.38. The molecule has 0 aliphatic carbocycles. The number of ether oxygens (including phenoxy) is 1. The molecule has 1 aromatic heterocycles. The van der Waals surface area contributed by atoms with Crippen LogP contribution in [0.1, 0.15) is 11.1 Å². The van der Waals surface area contributed by atoms with Crippen LogP contribution in [0.3, 0.4) is 0 Å². The molecule has 3 nitrogen and oxygen atoms in total. The van der Waals surface area contributed by atoms with Gasteiger partial charge in [0.25, 0.3) is 0 Å². The first-order chi connectivity index (χ1) is 9.16. The van der Waals surface area contributed by atoms with E-state index >= 15 is 0 Å². The SMILES string of the molecule is Cc1cc(OCCNc2ccccn2)cc(C)c1Br. The zero-order valence-corrected chi connectivity index (χ0v) is 12.7. The fraction of sp³-hybridized carbons (Fsp3) is 0.267. The molecular weight excluding hydrogens is 304 g/mol. The summed E-state index contributed by atoms with van der Waals surface area (Å²) in [5.74, 6) is 1.77. The third kappa shape index (κ3) is 3.96. The van der Waals surface area contributed by atoms with Crippen molar-refractivity contribution >= 4 is 21.7 Å². The summed E-state index contributed by atoms with van der Waals surface area (Å²) in [5, 5.41) is 3.21. The minimum Gasteiger partial charge on any atom is -0.492 e. The van der Waals surface area contributed by atoms with Crippen molar-refractivity contribution in [2.24, 2.45) is 0 Å². The highest BCUT2D eigenvalue weighted by Gasteiger charge is 2.02. The van der Waals surface area contributed by atoms with Crippen molar-refractivity contribution in [1.82, 2.24) is 4.98 Å². The zero-order chi connectivity index (χ0) is 13.7. The van der Waals surface area contributed by atoms with Gasteiger partial charge in [-0.15, -0.1) is 0 Å². The Labute approximate surface area is 122 Å². The molecule has 19 heavy (non-hydrogen) atoms. The molecule has 0 atom stereocenters. The molecule has 0 fully saturated rings. The van der Waals surface area contributed by atoms with Crippen LogP contribution < -0.4 is 10.1 Å². The first-order valence-corrected chi connectivity index (χ1v) is 7.00. The molecule has 100 valence electrons. The van der Waals surface area contributed by atoms with Crippen molar-refractivity contribution in [2.45, 2.75) is 13.8 Å². The highest BCUT2D eigenvalue weighted by atomic mass is 79.9. The molecule has 0 radical (unpaired) electrons. The zero-order valence-electron chi connectivity index (χ0n) is 11.1. The molecule has 1 aromatic carbocycles. The quantitative estimate of drug-likeness (QED) is 0.847. The maximum absolute atomic E-state index is 5.73. The van der Waals surface area contributed by atoms with Crippen molar-refractivity contribution in [3.05, 3.63) is 52.1 Å². The Balaban J connectivity index is 1.83.